The molecule has 0 atom stereocenters. The van der Waals surface area contributed by atoms with Gasteiger partial charge in [-0.05, 0) is 19.9 Å². The summed E-state index contributed by atoms with van der Waals surface area (Å²) >= 11 is 0. The second kappa shape index (κ2) is 3.58. The number of nitrogens with zero attached hydrogens (tertiary/aromatic N) is 1. The molecule has 18 heavy (non-hydrogen) atoms. The molecule has 7 nitrogen and oxygen atoms in total. The first-order valence-corrected chi connectivity index (χ1v) is 6.50. The maximum atomic E-state index is 11.8. The van der Waals surface area contributed by atoms with Gasteiger partial charge in [-0.25, -0.2) is 17.5 Å². The summed E-state index contributed by atoms with van der Waals surface area (Å²) in [5.41, 5.74) is 0.148. The third-order valence-electron chi connectivity index (χ3n) is 2.93. The highest BCUT2D eigenvalue weighted by Crippen LogP contribution is 2.36. The van der Waals surface area contributed by atoms with Crippen LogP contribution >= 0.6 is 0 Å². The lowest BCUT2D eigenvalue weighted by atomic mass is 10.1. The number of carboxylic acid groups (broad SMARTS) is 1. The van der Waals surface area contributed by atoms with Crippen LogP contribution in [0, 0.1) is 0 Å². The van der Waals surface area contributed by atoms with Gasteiger partial charge < -0.3 is 9.52 Å². The summed E-state index contributed by atoms with van der Waals surface area (Å²) in [7, 11) is -3.72. The molecular weight excluding hydrogens is 262 g/mol. The van der Waals surface area contributed by atoms with E-state index in [0.29, 0.717) is 4.31 Å². The van der Waals surface area contributed by atoms with E-state index in [1.165, 1.54) is 19.9 Å². The summed E-state index contributed by atoms with van der Waals surface area (Å²) in [4.78, 5) is 22.5. The molecule has 0 saturated carbocycles. The second-order valence-corrected chi connectivity index (χ2v) is 6.82. The number of rotatable bonds is 3. The number of amides is 1. The van der Waals surface area contributed by atoms with Crippen molar-refractivity contribution in [1.29, 1.82) is 0 Å². The topological polar surface area (TPSA) is 105 Å². The largest absolute Gasteiger partial charge is 0.475 e. The number of carbonyl (C=O) groups excluding carboxylic acids is 1. The van der Waals surface area contributed by atoms with Crippen molar-refractivity contribution in [2.75, 3.05) is 0 Å². The third kappa shape index (κ3) is 1.45. The molecule has 1 saturated heterocycles. The highest BCUT2D eigenvalue weighted by atomic mass is 32.2. The van der Waals surface area contributed by atoms with E-state index < -0.39 is 26.6 Å². The lowest BCUT2D eigenvalue weighted by Gasteiger charge is -2.42. The molecule has 8 heteroatoms. The Bertz CT molecular complexity index is 627. The van der Waals surface area contributed by atoms with Crippen LogP contribution in [-0.2, 0) is 21.4 Å². The summed E-state index contributed by atoms with van der Waals surface area (Å²) in [6, 6.07) is 1.33. The SMILES string of the molecule is CC1(C)C(=O)N(Cc2ccoc2C(=O)O)S1(=O)=O. The van der Waals surface area contributed by atoms with Gasteiger partial charge in [-0.1, -0.05) is 0 Å². The monoisotopic (exact) mass is 273 g/mol. The first kappa shape index (κ1) is 12.6. The molecule has 0 unspecified atom stereocenters. The van der Waals surface area contributed by atoms with Crippen LogP contribution in [-0.4, -0.2) is 34.5 Å². The van der Waals surface area contributed by atoms with Gasteiger partial charge in [0.05, 0.1) is 12.8 Å². The van der Waals surface area contributed by atoms with Crippen LogP contribution in [0.4, 0.5) is 0 Å². The van der Waals surface area contributed by atoms with Crippen LogP contribution in [0.1, 0.15) is 30.0 Å². The molecule has 0 radical (unpaired) electrons. The van der Waals surface area contributed by atoms with Gasteiger partial charge in [0.15, 0.2) is 4.75 Å². The number of sulfonamides is 1. The van der Waals surface area contributed by atoms with Crippen LogP contribution in [0.3, 0.4) is 0 Å². The Kier molecular flexibility index (Phi) is 2.51. The van der Waals surface area contributed by atoms with Crippen molar-refractivity contribution >= 4 is 21.9 Å². The average Bonchev–Trinajstić information content (AvgIpc) is 2.72. The number of aromatic carboxylic acids is 1. The van der Waals surface area contributed by atoms with Crippen LogP contribution in [0.15, 0.2) is 16.7 Å². The number of furan rings is 1. The zero-order chi connectivity index (χ0) is 13.7. The van der Waals surface area contributed by atoms with E-state index in [2.05, 4.69) is 0 Å². The molecule has 1 aliphatic rings. The van der Waals surface area contributed by atoms with Crippen molar-refractivity contribution in [2.24, 2.45) is 0 Å². The van der Waals surface area contributed by atoms with Crippen LogP contribution in [0.5, 0.6) is 0 Å². The number of hydrogen-bond acceptors (Lipinski definition) is 5. The Morgan fingerprint density at radius 1 is 1.50 bits per heavy atom. The first-order chi connectivity index (χ1) is 8.19. The minimum atomic E-state index is -3.72. The maximum Gasteiger partial charge on any atom is 0.372 e. The van der Waals surface area contributed by atoms with Crippen LogP contribution < -0.4 is 0 Å². The fourth-order valence-electron chi connectivity index (χ4n) is 1.72. The molecule has 1 aliphatic heterocycles. The highest BCUT2D eigenvalue weighted by molar-refractivity contribution is 7.94. The first-order valence-electron chi connectivity index (χ1n) is 5.06. The summed E-state index contributed by atoms with van der Waals surface area (Å²) in [5.74, 6) is -2.22. The van der Waals surface area contributed by atoms with E-state index in [-0.39, 0.29) is 17.9 Å². The molecule has 1 amide bonds. The zero-order valence-electron chi connectivity index (χ0n) is 9.71. The maximum absolute atomic E-state index is 11.8. The van der Waals surface area contributed by atoms with Gasteiger partial charge in [-0.15, -0.1) is 0 Å². The molecule has 0 aliphatic carbocycles. The summed E-state index contributed by atoms with van der Waals surface area (Å²) in [5, 5.41) is 8.81. The lowest BCUT2D eigenvalue weighted by molar-refractivity contribution is -0.132. The van der Waals surface area contributed by atoms with Gasteiger partial charge in [-0.2, -0.15) is 0 Å². The van der Waals surface area contributed by atoms with Crippen molar-refractivity contribution in [1.82, 2.24) is 4.31 Å². The fraction of sp³-hybridized carbons (Fsp3) is 0.400. The van der Waals surface area contributed by atoms with E-state index in [9.17, 15) is 18.0 Å². The smallest absolute Gasteiger partial charge is 0.372 e. The molecule has 0 bridgehead atoms. The van der Waals surface area contributed by atoms with Crippen molar-refractivity contribution < 1.29 is 27.5 Å². The van der Waals surface area contributed by atoms with Crippen molar-refractivity contribution in [3.63, 3.8) is 0 Å². The van der Waals surface area contributed by atoms with Gasteiger partial charge in [0.2, 0.25) is 5.76 Å². The predicted molar refractivity (Wildman–Crippen MR) is 59.2 cm³/mol. The Hall–Kier alpha value is -1.83. The normalized spacial score (nSPS) is 20.6. The van der Waals surface area contributed by atoms with Gasteiger partial charge >= 0.3 is 5.97 Å². The quantitative estimate of drug-likeness (QED) is 0.856. The van der Waals surface area contributed by atoms with Crippen LogP contribution in [0.2, 0.25) is 0 Å². The van der Waals surface area contributed by atoms with Gasteiger partial charge in [-0.3, -0.25) is 4.79 Å². The van der Waals surface area contributed by atoms with E-state index in [1.807, 2.05) is 0 Å². The van der Waals surface area contributed by atoms with E-state index in [1.54, 1.807) is 0 Å². The summed E-state index contributed by atoms with van der Waals surface area (Å²) in [6.07, 6.45) is 1.14. The summed E-state index contributed by atoms with van der Waals surface area (Å²) in [6.45, 7) is 2.31. The molecule has 0 spiro atoms. The van der Waals surface area contributed by atoms with E-state index >= 15 is 0 Å². The minimum absolute atomic E-state index is 0.148. The minimum Gasteiger partial charge on any atom is -0.475 e. The Morgan fingerprint density at radius 2 is 2.11 bits per heavy atom. The molecule has 2 rings (SSSR count). The van der Waals surface area contributed by atoms with Crippen molar-refractivity contribution in [2.45, 2.75) is 25.1 Å². The van der Waals surface area contributed by atoms with Crippen molar-refractivity contribution in [3.05, 3.63) is 23.7 Å². The van der Waals surface area contributed by atoms with E-state index in [0.717, 1.165) is 6.26 Å². The number of hydrogen-bond donors (Lipinski definition) is 1. The lowest BCUT2D eigenvalue weighted by Crippen LogP contribution is -2.66. The van der Waals surface area contributed by atoms with Gasteiger partial charge in [0.25, 0.3) is 15.9 Å². The molecule has 98 valence electrons. The average molecular weight is 273 g/mol. The number of carbonyl (C=O) groups is 2. The van der Waals surface area contributed by atoms with E-state index in [4.69, 9.17) is 9.52 Å². The molecule has 1 N–H and O–H groups in total. The number of carboxylic acids is 1. The van der Waals surface area contributed by atoms with Gasteiger partial charge in [0, 0.05) is 5.56 Å². The third-order valence-corrected chi connectivity index (χ3v) is 5.27. The molecule has 0 aromatic carbocycles. The Balaban J connectivity index is 2.30. The molecule has 2 heterocycles. The highest BCUT2D eigenvalue weighted by Gasteiger charge is 2.60. The standard InChI is InChI=1S/C10H11NO6S/c1-10(2)9(14)11(18(10,15)16)5-6-3-4-17-7(6)8(12)13/h3-4H,5H2,1-2H3,(H,12,13). The summed E-state index contributed by atoms with van der Waals surface area (Å²) < 4.78 is 27.6. The molecule has 1 aromatic rings. The second-order valence-electron chi connectivity index (χ2n) is 4.41. The Morgan fingerprint density at radius 3 is 2.61 bits per heavy atom. The zero-order valence-corrected chi connectivity index (χ0v) is 10.5. The van der Waals surface area contributed by atoms with Crippen molar-refractivity contribution in [3.8, 4) is 0 Å². The van der Waals surface area contributed by atoms with Crippen LogP contribution in [0.25, 0.3) is 0 Å². The Labute approximate surface area is 103 Å². The predicted octanol–water partition coefficient (Wildman–Crippen LogP) is 0.428. The fourth-order valence-corrected chi connectivity index (χ4v) is 3.22. The van der Waals surface area contributed by atoms with Gasteiger partial charge in [0.1, 0.15) is 0 Å². The molecular formula is C10H11NO6S. The molecule has 1 fully saturated rings. The molecule has 1 aromatic heterocycles.